The van der Waals surface area contributed by atoms with Crippen LogP contribution in [0.15, 0.2) is 58.6 Å². The molecule has 9 rings (SSSR count). The van der Waals surface area contributed by atoms with Crippen LogP contribution >= 0.6 is 22.9 Å². The number of phenols is 1. The maximum atomic E-state index is 14.4. The highest BCUT2D eigenvalue weighted by Gasteiger charge is 2.44. The number of hydrogen-bond donors (Lipinski definition) is 6. The lowest BCUT2D eigenvalue weighted by Gasteiger charge is -2.37. The highest BCUT2D eigenvalue weighted by Crippen LogP contribution is 2.39. The number of hydrogen-bond acceptors (Lipinski definition) is 14. The van der Waals surface area contributed by atoms with Gasteiger partial charge in [0.05, 0.1) is 45.0 Å². The average Bonchev–Trinajstić information content (AvgIpc) is 3.58. The Morgan fingerprint density at radius 3 is 2.39 bits per heavy atom. The number of aliphatic hydroxyl groups is 1. The smallest absolute Gasteiger partial charge is 0.243 e. The van der Waals surface area contributed by atoms with Crippen LogP contribution in [0.1, 0.15) is 112 Å². The van der Waals surface area contributed by atoms with Gasteiger partial charge in [-0.1, -0.05) is 60.9 Å². The lowest BCUT2D eigenvalue weighted by molar-refractivity contribution is -0.141. The van der Waals surface area contributed by atoms with Crippen LogP contribution < -0.4 is 26.6 Å². The first-order valence-electron chi connectivity index (χ1n) is 25.0. The molecule has 5 aromatic rings. The molecule has 4 atom stereocenters. The predicted molar refractivity (Wildman–Crippen MR) is 277 cm³/mol. The Bertz CT molecular complexity index is 2730. The largest absolute Gasteiger partial charge is 0.506 e. The minimum atomic E-state index is -0.821. The van der Waals surface area contributed by atoms with Gasteiger partial charge in [-0.2, -0.15) is 5.10 Å². The van der Waals surface area contributed by atoms with Gasteiger partial charge in [-0.05, 0) is 93.5 Å². The zero-order chi connectivity index (χ0) is 50.1. The van der Waals surface area contributed by atoms with E-state index >= 15 is 0 Å². The minimum absolute atomic E-state index is 0.0102. The summed E-state index contributed by atoms with van der Waals surface area (Å²) in [5.41, 5.74) is 13.7. The van der Waals surface area contributed by atoms with Crippen LogP contribution in [0.4, 0.5) is 17.3 Å². The fourth-order valence-electron chi connectivity index (χ4n) is 10.4. The number of nitrogens with one attached hydrogen (secondary N) is 3. The molecule has 0 radical (unpaired) electrons. The molecule has 4 fully saturated rings. The Balaban J connectivity index is 0.794. The predicted octanol–water partition coefficient (Wildman–Crippen LogP) is 7.44. The summed E-state index contributed by atoms with van der Waals surface area (Å²) < 4.78 is 7.88. The number of anilines is 3. The highest BCUT2D eigenvalue weighted by atomic mass is 35.5. The number of thiazole rings is 1. The molecule has 3 aliphatic heterocycles. The van der Waals surface area contributed by atoms with E-state index in [4.69, 9.17) is 27.0 Å². The third-order valence-electron chi connectivity index (χ3n) is 14.8. The van der Waals surface area contributed by atoms with E-state index in [1.807, 2.05) is 74.3 Å². The normalized spacial score (nSPS) is 20.4. The van der Waals surface area contributed by atoms with Crippen LogP contribution in [0, 0.1) is 24.7 Å². The second-order valence-corrected chi connectivity index (χ2v) is 21.3. The van der Waals surface area contributed by atoms with Crippen molar-refractivity contribution >= 4 is 69.8 Å². The van der Waals surface area contributed by atoms with Crippen molar-refractivity contribution in [2.24, 2.45) is 17.8 Å². The number of phenolic OH excluding ortho intramolecular Hbond substituents is 1. The van der Waals surface area contributed by atoms with Crippen molar-refractivity contribution in [1.82, 2.24) is 40.4 Å². The number of carbonyl (C=O) groups excluding carboxylic acids is 3. The average molecular weight is 1010 g/mol. The lowest BCUT2D eigenvalue weighted by Crippen LogP contribution is -2.48. The number of aryl methyl sites for hydroxylation is 1. The number of carbonyl (C=O) groups is 3. The number of halogens is 1. The summed E-state index contributed by atoms with van der Waals surface area (Å²) in [5.74, 6) is 0.474. The number of β-amino-alcohol motifs (C(OH)–C–C–N with tert-alkyl or cyclic N) is 1. The van der Waals surface area contributed by atoms with E-state index in [1.54, 1.807) is 36.6 Å². The zero-order valence-electron chi connectivity index (χ0n) is 41.1. The monoisotopic (exact) mass is 1010 g/mol. The van der Waals surface area contributed by atoms with Gasteiger partial charge in [0.2, 0.25) is 17.7 Å². The van der Waals surface area contributed by atoms with E-state index in [-0.39, 0.29) is 65.4 Å². The number of nitrogen functional groups attached to an aromatic ring is 1. The van der Waals surface area contributed by atoms with E-state index in [2.05, 4.69) is 35.9 Å². The van der Waals surface area contributed by atoms with E-state index in [0.717, 1.165) is 92.9 Å². The summed E-state index contributed by atoms with van der Waals surface area (Å²) in [6.45, 7) is 12.2. The lowest BCUT2D eigenvalue weighted by atomic mass is 9.91. The van der Waals surface area contributed by atoms with Gasteiger partial charge in [-0.25, -0.2) is 4.98 Å². The number of nitrogens with two attached hydrogens (primary N) is 1. The number of likely N-dealkylation sites (tertiary alicyclic amines) is 2. The summed E-state index contributed by atoms with van der Waals surface area (Å²) in [5, 5.41) is 40.4. The van der Waals surface area contributed by atoms with Crippen molar-refractivity contribution in [2.75, 3.05) is 62.3 Å². The van der Waals surface area contributed by atoms with Gasteiger partial charge in [0.25, 0.3) is 0 Å². The number of aromatic hydroxyl groups is 1. The number of amides is 3. The first kappa shape index (κ1) is 50.0. The molecule has 3 amide bonds. The maximum Gasteiger partial charge on any atom is 0.243 e. The number of aliphatic hydroxyl groups excluding tert-OH is 1. The molecule has 3 saturated heterocycles. The summed E-state index contributed by atoms with van der Waals surface area (Å²) in [6.07, 6.45) is 6.56. The fourth-order valence-corrected chi connectivity index (χ4v) is 11.4. The van der Waals surface area contributed by atoms with Gasteiger partial charge in [0, 0.05) is 76.0 Å². The Kier molecular flexibility index (Phi) is 15.1. The fraction of sp³-hybridized carbons (Fsp3) is 0.500. The minimum Gasteiger partial charge on any atom is -0.506 e. The molecular weight excluding hydrogens is 942 g/mol. The third-order valence-corrected chi connectivity index (χ3v) is 16.0. The van der Waals surface area contributed by atoms with Gasteiger partial charge in [-0.15, -0.1) is 11.3 Å². The molecule has 7 N–H and O–H groups in total. The number of para-hydroxylation sites is 1. The van der Waals surface area contributed by atoms with Crippen molar-refractivity contribution in [3.05, 3.63) is 87.3 Å². The number of piperidine rings is 2. The molecule has 1 aliphatic carbocycles. The van der Waals surface area contributed by atoms with Gasteiger partial charge in [0.1, 0.15) is 23.4 Å². The molecule has 2 aromatic carbocycles. The SMILES string of the molecule is CN/C(=C\c1c(N)c(NC(=O)C2CC2)nn1C1CCN(CC2CCN(c3cc(C(C(=O)N4C[C@H](O)C[C@H]4C(=O)N[C@@H](C)c4ccc(-c5scnc5C)cc4)C(C)C)on3)CC2)CC1)c1cccc(Cl)c1O. The van der Waals surface area contributed by atoms with Crippen LogP contribution in [0.25, 0.3) is 22.2 Å². The molecule has 17 nitrogen and oxygen atoms in total. The quantitative estimate of drug-likeness (QED) is 0.0567. The van der Waals surface area contributed by atoms with Crippen molar-refractivity contribution in [2.45, 2.75) is 103 Å². The Morgan fingerprint density at radius 1 is 1.00 bits per heavy atom. The first-order chi connectivity index (χ1) is 34.2. The number of rotatable bonds is 16. The Morgan fingerprint density at radius 2 is 1.73 bits per heavy atom. The van der Waals surface area contributed by atoms with Crippen LogP contribution in [0.2, 0.25) is 5.02 Å². The molecule has 4 aliphatic rings. The van der Waals surface area contributed by atoms with Crippen molar-refractivity contribution in [3.63, 3.8) is 0 Å². The number of aromatic nitrogens is 4. The van der Waals surface area contributed by atoms with E-state index in [0.29, 0.717) is 46.0 Å². The van der Waals surface area contributed by atoms with Gasteiger partial charge < -0.3 is 51.1 Å². The molecule has 19 heteroatoms. The van der Waals surface area contributed by atoms with E-state index in [9.17, 15) is 24.6 Å². The highest BCUT2D eigenvalue weighted by molar-refractivity contribution is 7.13. The van der Waals surface area contributed by atoms with Crippen molar-refractivity contribution in [3.8, 4) is 16.2 Å². The van der Waals surface area contributed by atoms with Crippen LogP contribution in [0.5, 0.6) is 5.75 Å². The molecule has 71 heavy (non-hydrogen) atoms. The topological polar surface area (TPSA) is 220 Å². The van der Waals surface area contributed by atoms with Crippen LogP contribution in [0.3, 0.4) is 0 Å². The molecule has 378 valence electrons. The van der Waals surface area contributed by atoms with E-state index < -0.39 is 18.1 Å². The summed E-state index contributed by atoms with van der Waals surface area (Å²) in [6, 6.07) is 14.0. The van der Waals surface area contributed by atoms with Crippen molar-refractivity contribution in [1.29, 1.82) is 0 Å². The Labute approximate surface area is 423 Å². The van der Waals surface area contributed by atoms with Gasteiger partial charge in [-0.3, -0.25) is 19.1 Å². The molecule has 0 bridgehead atoms. The molecule has 1 saturated carbocycles. The van der Waals surface area contributed by atoms with Crippen molar-refractivity contribution < 1.29 is 29.1 Å². The molecule has 3 aromatic heterocycles. The second-order valence-electron chi connectivity index (χ2n) is 20.1. The van der Waals surface area contributed by atoms with Gasteiger partial charge in [0.15, 0.2) is 17.4 Å². The van der Waals surface area contributed by atoms with Crippen LogP contribution in [-0.4, -0.2) is 116 Å². The Hall–Kier alpha value is -5.95. The zero-order valence-corrected chi connectivity index (χ0v) is 42.7. The standard InChI is InChI=1S/C52H66ClN11O6S/c1-29(2)45(52(69)63-27-37(65)23-42(63)51(68)57-30(3)33-9-11-34(12-10-33)48-31(4)56-28-71-48)43-25-44(60-70-43)62-21-15-32(16-22-62)26-61-19-17-36(18-20-61)64-41(46(54)49(59-64)58-50(67)35-13-14-35)24-40(55-5)38-7-6-8-39(53)47(38)66/h6-12,24-25,28-30,32,35-37,42,45,55,65-66H,13-23,26-27,54H2,1-5H3,(H,57,68)(H,58,59,67)/b40-24-/t30-,37+,42-,45?/m0/s1. The third kappa shape index (κ3) is 11.0. The summed E-state index contributed by atoms with van der Waals surface area (Å²) in [7, 11) is 1.77. The summed E-state index contributed by atoms with van der Waals surface area (Å²) in [4.78, 5) is 52.8. The molecule has 1 unspecified atom stereocenters. The van der Waals surface area contributed by atoms with Gasteiger partial charge >= 0.3 is 0 Å². The first-order valence-corrected chi connectivity index (χ1v) is 26.2. The second kappa shape index (κ2) is 21.4. The van der Waals surface area contributed by atoms with Crippen LogP contribution in [-0.2, 0) is 14.4 Å². The van der Waals surface area contributed by atoms with E-state index in [1.165, 1.54) is 4.90 Å². The summed E-state index contributed by atoms with van der Waals surface area (Å²) >= 11 is 7.87. The molecule has 0 spiro atoms. The molecular formula is C52H66ClN11O6S. The number of nitrogens with zero attached hydrogens (tertiary/aromatic N) is 7. The molecule has 6 heterocycles. The number of benzene rings is 2. The maximum absolute atomic E-state index is 14.4.